The summed E-state index contributed by atoms with van der Waals surface area (Å²) in [5.41, 5.74) is -0.752. The van der Waals surface area contributed by atoms with Gasteiger partial charge >= 0.3 is 0 Å². The van der Waals surface area contributed by atoms with Crippen molar-refractivity contribution in [3.8, 4) is 0 Å². The van der Waals surface area contributed by atoms with Crippen LogP contribution in [0.5, 0.6) is 0 Å². The van der Waals surface area contributed by atoms with Gasteiger partial charge in [-0.2, -0.15) is 0 Å². The average Bonchev–Trinajstić information content (AvgIpc) is 2.79. The van der Waals surface area contributed by atoms with Gasteiger partial charge in [0.15, 0.2) is 0 Å². The molecule has 0 aromatic carbocycles. The first-order chi connectivity index (χ1) is 8.14. The van der Waals surface area contributed by atoms with E-state index >= 15 is 0 Å². The van der Waals surface area contributed by atoms with Crippen LogP contribution < -0.4 is 16.0 Å². The molecule has 1 heterocycles. The van der Waals surface area contributed by atoms with Crippen LogP contribution in [-0.2, 0) is 9.59 Å². The predicted octanol–water partition coefficient (Wildman–Crippen LogP) is -0.455. The van der Waals surface area contributed by atoms with Crippen molar-refractivity contribution in [2.24, 2.45) is 5.92 Å². The number of likely N-dealkylation sites (N-methyl/N-ethyl adjacent to an activating group) is 1. The van der Waals surface area contributed by atoms with E-state index in [2.05, 4.69) is 22.5 Å². The minimum Gasteiger partial charge on any atom is -0.357 e. The van der Waals surface area contributed by atoms with Crippen LogP contribution in [0.1, 0.15) is 19.3 Å². The number of hydrogen-bond acceptors (Lipinski definition) is 3. The SMILES string of the molecule is C=CC1CC1(NC(=O)[C@@H]1CCCN1)C(=O)NC. The van der Waals surface area contributed by atoms with Crippen molar-refractivity contribution in [1.29, 1.82) is 0 Å². The number of hydrogen-bond donors (Lipinski definition) is 3. The van der Waals surface area contributed by atoms with E-state index < -0.39 is 5.54 Å². The van der Waals surface area contributed by atoms with E-state index in [9.17, 15) is 9.59 Å². The summed E-state index contributed by atoms with van der Waals surface area (Å²) in [5.74, 6) is -0.156. The van der Waals surface area contributed by atoms with Crippen molar-refractivity contribution >= 4 is 11.8 Å². The highest BCUT2D eigenvalue weighted by Gasteiger charge is 2.59. The Kier molecular flexibility index (Phi) is 3.19. The molecule has 2 rings (SSSR count). The minimum atomic E-state index is -0.752. The minimum absolute atomic E-state index is 0.0489. The third kappa shape index (κ3) is 2.07. The van der Waals surface area contributed by atoms with Gasteiger partial charge in [0, 0.05) is 13.0 Å². The molecule has 94 valence electrons. The molecule has 0 aromatic heterocycles. The van der Waals surface area contributed by atoms with E-state index in [4.69, 9.17) is 0 Å². The highest BCUT2D eigenvalue weighted by Crippen LogP contribution is 2.44. The third-order valence-corrected chi connectivity index (χ3v) is 3.65. The molecule has 1 aliphatic carbocycles. The van der Waals surface area contributed by atoms with Crippen LogP contribution in [0.25, 0.3) is 0 Å². The highest BCUT2D eigenvalue weighted by molar-refractivity contribution is 5.96. The lowest BCUT2D eigenvalue weighted by atomic mass is 10.1. The van der Waals surface area contributed by atoms with E-state index in [0.717, 1.165) is 19.4 Å². The van der Waals surface area contributed by atoms with Crippen LogP contribution in [0.4, 0.5) is 0 Å². The maximum atomic E-state index is 12.0. The van der Waals surface area contributed by atoms with Gasteiger partial charge in [-0.05, 0) is 25.8 Å². The van der Waals surface area contributed by atoms with Crippen molar-refractivity contribution < 1.29 is 9.59 Å². The van der Waals surface area contributed by atoms with Gasteiger partial charge in [0.25, 0.3) is 0 Å². The van der Waals surface area contributed by atoms with Crippen LogP contribution in [0.15, 0.2) is 12.7 Å². The smallest absolute Gasteiger partial charge is 0.246 e. The van der Waals surface area contributed by atoms with Gasteiger partial charge in [-0.15, -0.1) is 6.58 Å². The molecular formula is C12H19N3O2. The Labute approximate surface area is 101 Å². The molecule has 1 aliphatic heterocycles. The molecular weight excluding hydrogens is 218 g/mol. The van der Waals surface area contributed by atoms with E-state index in [1.807, 2.05) is 0 Å². The van der Waals surface area contributed by atoms with Crippen LogP contribution in [0.2, 0.25) is 0 Å². The fourth-order valence-electron chi connectivity index (χ4n) is 2.47. The highest BCUT2D eigenvalue weighted by atomic mass is 16.2. The molecule has 2 fully saturated rings. The first-order valence-corrected chi connectivity index (χ1v) is 6.04. The number of carbonyl (C=O) groups excluding carboxylic acids is 2. The zero-order chi connectivity index (χ0) is 12.5. The van der Waals surface area contributed by atoms with Gasteiger partial charge in [-0.1, -0.05) is 6.08 Å². The van der Waals surface area contributed by atoms with Crippen LogP contribution >= 0.6 is 0 Å². The quantitative estimate of drug-likeness (QED) is 0.580. The second-order valence-electron chi connectivity index (χ2n) is 4.73. The second kappa shape index (κ2) is 4.49. The molecule has 1 saturated heterocycles. The maximum absolute atomic E-state index is 12.0. The van der Waals surface area contributed by atoms with Gasteiger partial charge < -0.3 is 16.0 Å². The third-order valence-electron chi connectivity index (χ3n) is 3.65. The largest absolute Gasteiger partial charge is 0.357 e. The zero-order valence-corrected chi connectivity index (χ0v) is 10.1. The lowest BCUT2D eigenvalue weighted by Crippen LogP contribution is -2.53. The summed E-state index contributed by atoms with van der Waals surface area (Å²) in [6.45, 7) is 4.56. The summed E-state index contributed by atoms with van der Waals surface area (Å²) >= 11 is 0. The number of rotatable bonds is 4. The zero-order valence-electron chi connectivity index (χ0n) is 10.1. The normalized spacial score (nSPS) is 35.1. The molecule has 1 saturated carbocycles. The fraction of sp³-hybridized carbons (Fsp3) is 0.667. The standard InChI is InChI=1S/C12H19N3O2/c1-3-8-7-12(8,11(17)13-2)15-10(16)9-5-4-6-14-9/h3,8-9,14H,1,4-7H2,2H3,(H,13,17)(H,15,16)/t8?,9-,12?/m0/s1. The van der Waals surface area contributed by atoms with Gasteiger partial charge in [0.1, 0.15) is 5.54 Å². The number of amides is 2. The van der Waals surface area contributed by atoms with Gasteiger partial charge in [0.05, 0.1) is 6.04 Å². The Bertz CT molecular complexity index is 350. The molecule has 0 radical (unpaired) electrons. The topological polar surface area (TPSA) is 70.2 Å². The predicted molar refractivity (Wildman–Crippen MR) is 64.3 cm³/mol. The molecule has 0 bridgehead atoms. The fourth-order valence-corrected chi connectivity index (χ4v) is 2.47. The summed E-state index contributed by atoms with van der Waals surface area (Å²) in [4.78, 5) is 23.8. The molecule has 0 spiro atoms. The van der Waals surface area contributed by atoms with Crippen molar-refractivity contribution in [1.82, 2.24) is 16.0 Å². The monoisotopic (exact) mass is 237 g/mol. The van der Waals surface area contributed by atoms with Crippen LogP contribution in [-0.4, -0.2) is 37.0 Å². The molecule has 3 N–H and O–H groups in total. The molecule has 5 heteroatoms. The van der Waals surface area contributed by atoms with Gasteiger partial charge in [-0.3, -0.25) is 9.59 Å². The molecule has 2 amide bonds. The maximum Gasteiger partial charge on any atom is 0.246 e. The summed E-state index contributed by atoms with van der Waals surface area (Å²) in [5, 5.41) is 8.61. The molecule has 17 heavy (non-hydrogen) atoms. The first-order valence-electron chi connectivity index (χ1n) is 6.04. The van der Waals surface area contributed by atoms with Crippen molar-refractivity contribution in [3.63, 3.8) is 0 Å². The van der Waals surface area contributed by atoms with E-state index in [-0.39, 0.29) is 23.8 Å². The van der Waals surface area contributed by atoms with Crippen molar-refractivity contribution in [3.05, 3.63) is 12.7 Å². The van der Waals surface area contributed by atoms with Crippen LogP contribution in [0, 0.1) is 5.92 Å². The molecule has 2 unspecified atom stereocenters. The number of carbonyl (C=O) groups is 2. The van der Waals surface area contributed by atoms with Gasteiger partial charge in [0.2, 0.25) is 11.8 Å². The Morgan fingerprint density at radius 1 is 1.53 bits per heavy atom. The average molecular weight is 237 g/mol. The van der Waals surface area contributed by atoms with Crippen LogP contribution in [0.3, 0.4) is 0 Å². The first kappa shape index (κ1) is 12.1. The molecule has 0 aromatic rings. The molecule has 2 aliphatic rings. The number of nitrogens with one attached hydrogen (secondary N) is 3. The van der Waals surface area contributed by atoms with E-state index in [1.54, 1.807) is 13.1 Å². The molecule has 5 nitrogen and oxygen atoms in total. The Balaban J connectivity index is 2.01. The molecule has 3 atom stereocenters. The summed E-state index contributed by atoms with van der Waals surface area (Å²) in [6.07, 6.45) is 4.23. The Morgan fingerprint density at radius 3 is 2.76 bits per heavy atom. The van der Waals surface area contributed by atoms with Crippen molar-refractivity contribution in [2.75, 3.05) is 13.6 Å². The Morgan fingerprint density at radius 2 is 2.29 bits per heavy atom. The lowest BCUT2D eigenvalue weighted by molar-refractivity contribution is -0.130. The Hall–Kier alpha value is -1.36. The summed E-state index contributed by atoms with van der Waals surface area (Å²) in [6, 6.07) is -0.150. The van der Waals surface area contributed by atoms with Crippen molar-refractivity contribution in [2.45, 2.75) is 30.8 Å². The van der Waals surface area contributed by atoms with E-state index in [0.29, 0.717) is 6.42 Å². The summed E-state index contributed by atoms with van der Waals surface area (Å²) < 4.78 is 0. The van der Waals surface area contributed by atoms with Gasteiger partial charge in [-0.25, -0.2) is 0 Å². The second-order valence-corrected chi connectivity index (χ2v) is 4.73. The summed E-state index contributed by atoms with van der Waals surface area (Å²) in [7, 11) is 1.59. The van der Waals surface area contributed by atoms with E-state index in [1.165, 1.54) is 0 Å². The lowest BCUT2D eigenvalue weighted by Gasteiger charge is -2.19.